The predicted molar refractivity (Wildman–Crippen MR) is 109 cm³/mol. The summed E-state index contributed by atoms with van der Waals surface area (Å²) >= 11 is 20.7. The Hall–Kier alpha value is 0.660. The van der Waals surface area contributed by atoms with E-state index in [4.69, 9.17) is 9.47 Å². The van der Waals surface area contributed by atoms with E-state index in [0.29, 0.717) is 11.5 Å². The lowest BCUT2D eigenvalue weighted by molar-refractivity contribution is 0.419. The first-order valence-electron chi connectivity index (χ1n) is 5.67. The molecule has 0 fully saturated rings. The summed E-state index contributed by atoms with van der Waals surface area (Å²) < 4.78 is 16.4. The molecule has 116 valence electrons. The summed E-state index contributed by atoms with van der Waals surface area (Å²) in [6.45, 7) is 0. The number of halogens is 6. The van der Waals surface area contributed by atoms with E-state index in [1.807, 2.05) is 24.3 Å². The van der Waals surface area contributed by atoms with E-state index < -0.39 is 0 Å². The molecule has 2 aromatic rings. The van der Waals surface area contributed by atoms with Crippen molar-refractivity contribution in [3.05, 3.63) is 63.6 Å². The number of hydrogen-bond acceptors (Lipinski definition) is 2. The Morgan fingerprint density at radius 1 is 0.545 bits per heavy atom. The normalized spacial score (nSPS) is 11.0. The molecule has 0 aliphatic rings. The second kappa shape index (κ2) is 8.67. The molecule has 0 saturated carbocycles. The third kappa shape index (κ3) is 4.60. The van der Waals surface area contributed by atoms with Crippen molar-refractivity contribution in [2.45, 2.75) is 0 Å². The molecular formula is C14H6Br6O2. The molecule has 22 heavy (non-hydrogen) atoms. The largest absolute Gasteiger partial charge is 0.461 e. The maximum atomic E-state index is 5.55. The molecule has 0 radical (unpaired) electrons. The van der Waals surface area contributed by atoms with Crippen molar-refractivity contribution < 1.29 is 9.47 Å². The Bertz CT molecular complexity index is 668. The van der Waals surface area contributed by atoms with Gasteiger partial charge in [0.15, 0.2) is 0 Å². The summed E-state index contributed by atoms with van der Waals surface area (Å²) in [5.41, 5.74) is 0. The summed E-state index contributed by atoms with van der Waals surface area (Å²) in [5, 5.41) is 0. The summed E-state index contributed by atoms with van der Waals surface area (Å²) in [7, 11) is 0. The van der Waals surface area contributed by atoms with E-state index in [2.05, 4.69) is 95.6 Å². The fourth-order valence-corrected chi connectivity index (χ4v) is 4.13. The van der Waals surface area contributed by atoms with Crippen LogP contribution in [0.5, 0.6) is 11.5 Å². The van der Waals surface area contributed by atoms with Crippen molar-refractivity contribution in [2.75, 3.05) is 0 Å². The van der Waals surface area contributed by atoms with Crippen LogP contribution in [0, 0.1) is 0 Å². The van der Waals surface area contributed by atoms with Gasteiger partial charge in [0, 0.05) is 17.9 Å². The van der Waals surface area contributed by atoms with Gasteiger partial charge in [0.05, 0.1) is 8.95 Å². The SMILES string of the molecule is Brc1ccc(O/C=C/Oc2ccc(Br)c(Br)c2Br)c(Br)c1Br. The van der Waals surface area contributed by atoms with Crippen molar-refractivity contribution >= 4 is 95.6 Å². The first kappa shape index (κ1) is 19.0. The van der Waals surface area contributed by atoms with Crippen LogP contribution in [0.25, 0.3) is 0 Å². The topological polar surface area (TPSA) is 18.5 Å². The van der Waals surface area contributed by atoms with E-state index >= 15 is 0 Å². The fraction of sp³-hybridized carbons (Fsp3) is 0. The minimum atomic E-state index is 0.672. The molecule has 0 atom stereocenters. The molecule has 0 bridgehead atoms. The highest BCUT2D eigenvalue weighted by Gasteiger charge is 2.09. The van der Waals surface area contributed by atoms with Gasteiger partial charge >= 0.3 is 0 Å². The van der Waals surface area contributed by atoms with Crippen LogP contribution in [-0.2, 0) is 0 Å². The van der Waals surface area contributed by atoms with Crippen molar-refractivity contribution in [3.63, 3.8) is 0 Å². The molecule has 2 rings (SSSR count). The maximum absolute atomic E-state index is 5.55. The minimum absolute atomic E-state index is 0.672. The highest BCUT2D eigenvalue weighted by Crippen LogP contribution is 2.39. The molecule has 0 aliphatic heterocycles. The summed E-state index contributed by atoms with van der Waals surface area (Å²) in [4.78, 5) is 0. The average molecular weight is 686 g/mol. The lowest BCUT2D eigenvalue weighted by atomic mass is 10.3. The average Bonchev–Trinajstić information content (AvgIpc) is 2.50. The van der Waals surface area contributed by atoms with Crippen molar-refractivity contribution in [3.8, 4) is 11.5 Å². The number of benzene rings is 2. The smallest absolute Gasteiger partial charge is 0.142 e. The predicted octanol–water partition coefficient (Wildman–Crippen LogP) is 8.19. The molecule has 0 aliphatic carbocycles. The van der Waals surface area contributed by atoms with Gasteiger partial charge in [0.1, 0.15) is 24.0 Å². The third-order valence-electron chi connectivity index (χ3n) is 2.45. The standard InChI is InChI=1S/C14H6Br6O2/c15-7-1-3-9(13(19)11(7)17)21-5-6-22-10-4-2-8(16)12(18)14(10)20/h1-6H/b6-5+. The third-order valence-corrected chi connectivity index (χ3v) is 9.12. The van der Waals surface area contributed by atoms with Crippen molar-refractivity contribution in [1.82, 2.24) is 0 Å². The monoisotopic (exact) mass is 680 g/mol. The van der Waals surface area contributed by atoms with Gasteiger partial charge in [-0.1, -0.05) is 0 Å². The molecule has 0 heterocycles. The van der Waals surface area contributed by atoms with Crippen LogP contribution in [0.4, 0.5) is 0 Å². The Balaban J connectivity index is 2.06. The fourth-order valence-electron chi connectivity index (χ4n) is 1.40. The second-order valence-corrected chi connectivity index (χ2v) is 8.74. The summed E-state index contributed by atoms with van der Waals surface area (Å²) in [6, 6.07) is 7.47. The Morgan fingerprint density at radius 3 is 1.27 bits per heavy atom. The van der Waals surface area contributed by atoms with Gasteiger partial charge in [-0.2, -0.15) is 0 Å². The molecule has 0 amide bonds. The van der Waals surface area contributed by atoms with Crippen LogP contribution in [0.2, 0.25) is 0 Å². The molecule has 8 heteroatoms. The van der Waals surface area contributed by atoms with Crippen LogP contribution >= 0.6 is 95.6 Å². The number of hydrogen-bond donors (Lipinski definition) is 0. The van der Waals surface area contributed by atoms with Crippen LogP contribution in [0.3, 0.4) is 0 Å². The van der Waals surface area contributed by atoms with Gasteiger partial charge in [0.2, 0.25) is 0 Å². The molecule has 0 N–H and O–H groups in total. The minimum Gasteiger partial charge on any atom is -0.461 e. The lowest BCUT2D eigenvalue weighted by Crippen LogP contribution is -1.89. The number of ether oxygens (including phenoxy) is 2. The van der Waals surface area contributed by atoms with E-state index in [0.717, 1.165) is 26.8 Å². The molecule has 0 unspecified atom stereocenters. The van der Waals surface area contributed by atoms with E-state index in [1.54, 1.807) is 0 Å². The Labute approximate surface area is 178 Å². The van der Waals surface area contributed by atoms with Gasteiger partial charge in [-0.25, -0.2) is 0 Å². The highest BCUT2D eigenvalue weighted by atomic mass is 79.9. The molecule has 2 nitrogen and oxygen atoms in total. The van der Waals surface area contributed by atoms with Crippen LogP contribution < -0.4 is 9.47 Å². The molecule has 0 saturated heterocycles. The molecule has 0 spiro atoms. The Kier molecular flexibility index (Phi) is 7.48. The van der Waals surface area contributed by atoms with E-state index in [9.17, 15) is 0 Å². The van der Waals surface area contributed by atoms with Gasteiger partial charge in [0.25, 0.3) is 0 Å². The zero-order valence-corrected chi connectivity index (χ0v) is 20.1. The zero-order valence-electron chi connectivity index (χ0n) is 10.5. The first-order chi connectivity index (χ1) is 10.4. The lowest BCUT2D eigenvalue weighted by Gasteiger charge is -2.08. The van der Waals surface area contributed by atoms with Gasteiger partial charge in [-0.15, -0.1) is 0 Å². The molecular weight excluding hydrogens is 680 g/mol. The van der Waals surface area contributed by atoms with Crippen molar-refractivity contribution in [2.24, 2.45) is 0 Å². The van der Waals surface area contributed by atoms with Gasteiger partial charge in [-0.05, 0) is 120 Å². The van der Waals surface area contributed by atoms with Crippen LogP contribution in [0.15, 0.2) is 63.6 Å². The quantitative estimate of drug-likeness (QED) is 0.239. The summed E-state index contributed by atoms with van der Waals surface area (Å²) in [5.74, 6) is 1.34. The zero-order chi connectivity index (χ0) is 16.3. The Morgan fingerprint density at radius 2 is 0.909 bits per heavy atom. The van der Waals surface area contributed by atoms with Gasteiger partial charge in [-0.3, -0.25) is 0 Å². The van der Waals surface area contributed by atoms with Crippen LogP contribution in [0.1, 0.15) is 0 Å². The molecule has 2 aromatic carbocycles. The van der Waals surface area contributed by atoms with E-state index in [-0.39, 0.29) is 0 Å². The molecule has 0 aromatic heterocycles. The van der Waals surface area contributed by atoms with Gasteiger partial charge < -0.3 is 9.47 Å². The van der Waals surface area contributed by atoms with E-state index in [1.165, 1.54) is 12.5 Å². The second-order valence-electron chi connectivity index (χ2n) is 3.85. The van der Waals surface area contributed by atoms with Crippen LogP contribution in [-0.4, -0.2) is 0 Å². The maximum Gasteiger partial charge on any atom is 0.142 e. The highest BCUT2D eigenvalue weighted by molar-refractivity contribution is 9.15. The summed E-state index contributed by atoms with van der Waals surface area (Å²) in [6.07, 6.45) is 2.95. The number of rotatable bonds is 4. The van der Waals surface area contributed by atoms with Crippen molar-refractivity contribution in [1.29, 1.82) is 0 Å². The first-order valence-corrected chi connectivity index (χ1v) is 10.4.